The number of benzene rings is 2. The summed E-state index contributed by atoms with van der Waals surface area (Å²) in [6.07, 6.45) is 0. The number of fused-ring (bicyclic) bond motifs is 1. The Hall–Kier alpha value is -2.68. The number of hydrogen-bond acceptors (Lipinski definition) is 5. The Kier molecular flexibility index (Phi) is 6.37. The number of hydrogen-bond donors (Lipinski definition) is 1. The second-order valence-electron chi connectivity index (χ2n) is 7.85. The van der Waals surface area contributed by atoms with Gasteiger partial charge in [0.05, 0.1) is 16.2 Å². The molecule has 0 unspecified atom stereocenters. The highest BCUT2D eigenvalue weighted by atomic mass is 35.5. The van der Waals surface area contributed by atoms with Gasteiger partial charge in [-0.2, -0.15) is 0 Å². The van der Waals surface area contributed by atoms with Gasteiger partial charge in [0.2, 0.25) is 5.91 Å². The molecule has 0 aromatic heterocycles. The summed E-state index contributed by atoms with van der Waals surface area (Å²) in [6, 6.07) is 13.9. The minimum atomic E-state index is -0.391. The molecule has 0 atom stereocenters. The van der Waals surface area contributed by atoms with E-state index in [0.717, 1.165) is 11.8 Å². The van der Waals surface area contributed by atoms with Crippen molar-refractivity contribution in [3.8, 4) is 0 Å². The lowest BCUT2D eigenvalue weighted by Gasteiger charge is -2.17. The number of thioether (sulfide) groups is 1. The number of thiocarbonyl (C=S) groups is 1. The van der Waals surface area contributed by atoms with E-state index in [4.69, 9.17) is 23.8 Å². The predicted molar refractivity (Wildman–Crippen MR) is 133 cm³/mol. The minimum Gasteiger partial charge on any atom is -0.324 e. The number of nitrogens with zero attached hydrogens (tertiary/aromatic N) is 2. The van der Waals surface area contributed by atoms with Gasteiger partial charge in [-0.25, -0.2) is 0 Å². The van der Waals surface area contributed by atoms with Gasteiger partial charge in [0, 0.05) is 22.8 Å². The van der Waals surface area contributed by atoms with Gasteiger partial charge in [0.1, 0.15) is 10.9 Å². The lowest BCUT2D eigenvalue weighted by molar-refractivity contribution is -0.122. The third-order valence-electron chi connectivity index (χ3n) is 4.96. The van der Waals surface area contributed by atoms with Gasteiger partial charge in [-0.15, -0.1) is 0 Å². The van der Waals surface area contributed by atoms with Crippen LogP contribution in [0.2, 0.25) is 5.02 Å². The van der Waals surface area contributed by atoms with E-state index in [1.54, 1.807) is 48.5 Å². The molecule has 1 N–H and O–H groups in total. The molecular weight excluding hydrogens is 466 g/mol. The average molecular weight is 486 g/mol. The third-order valence-corrected chi connectivity index (χ3v) is 6.64. The van der Waals surface area contributed by atoms with E-state index in [9.17, 15) is 14.4 Å². The average Bonchev–Trinajstić information content (AvgIpc) is 3.15. The van der Waals surface area contributed by atoms with Gasteiger partial charge in [0.15, 0.2) is 0 Å². The van der Waals surface area contributed by atoms with Crippen molar-refractivity contribution in [1.29, 1.82) is 0 Å². The second kappa shape index (κ2) is 9.05. The zero-order valence-electron chi connectivity index (χ0n) is 17.4. The van der Waals surface area contributed by atoms with Gasteiger partial charge in [0.25, 0.3) is 11.8 Å². The van der Waals surface area contributed by atoms with E-state index in [1.165, 1.54) is 9.80 Å². The van der Waals surface area contributed by atoms with Crippen LogP contribution in [0.25, 0.3) is 5.57 Å². The van der Waals surface area contributed by atoms with Crippen molar-refractivity contribution in [3.63, 3.8) is 0 Å². The lowest BCUT2D eigenvalue weighted by atomic mass is 10.1. The van der Waals surface area contributed by atoms with Crippen LogP contribution in [0.5, 0.6) is 0 Å². The first kappa shape index (κ1) is 22.5. The lowest BCUT2D eigenvalue weighted by Crippen LogP contribution is -2.36. The number of anilines is 2. The van der Waals surface area contributed by atoms with E-state index in [2.05, 4.69) is 5.32 Å². The van der Waals surface area contributed by atoms with Crippen LogP contribution in [-0.4, -0.2) is 40.0 Å². The van der Waals surface area contributed by atoms with E-state index < -0.39 is 5.91 Å². The number of rotatable bonds is 5. The highest BCUT2D eigenvalue weighted by Gasteiger charge is 2.42. The highest BCUT2D eigenvalue weighted by molar-refractivity contribution is 8.26. The van der Waals surface area contributed by atoms with E-state index in [0.29, 0.717) is 43.3 Å². The Labute approximate surface area is 200 Å². The molecule has 4 rings (SSSR count). The monoisotopic (exact) mass is 485 g/mol. The van der Waals surface area contributed by atoms with Crippen LogP contribution in [0.1, 0.15) is 19.4 Å². The Morgan fingerprint density at radius 3 is 2.56 bits per heavy atom. The first-order chi connectivity index (χ1) is 15.3. The molecule has 0 spiro atoms. The molecule has 32 heavy (non-hydrogen) atoms. The molecule has 2 aliphatic rings. The summed E-state index contributed by atoms with van der Waals surface area (Å²) in [5, 5.41) is 3.25. The fourth-order valence-electron chi connectivity index (χ4n) is 3.64. The molecule has 1 saturated heterocycles. The second-order valence-corrected chi connectivity index (χ2v) is 9.93. The molecule has 0 aliphatic carbocycles. The van der Waals surface area contributed by atoms with Crippen molar-refractivity contribution in [2.45, 2.75) is 13.8 Å². The molecule has 0 radical (unpaired) electrons. The highest BCUT2D eigenvalue weighted by Crippen LogP contribution is 2.44. The van der Waals surface area contributed by atoms with Gasteiger partial charge in [-0.05, 0) is 30.2 Å². The van der Waals surface area contributed by atoms with Crippen LogP contribution in [-0.2, 0) is 14.4 Å². The normalized spacial score (nSPS) is 18.1. The van der Waals surface area contributed by atoms with Crippen LogP contribution in [0.15, 0.2) is 53.4 Å². The molecule has 2 heterocycles. The van der Waals surface area contributed by atoms with E-state index in [-0.39, 0.29) is 24.3 Å². The summed E-state index contributed by atoms with van der Waals surface area (Å²) in [7, 11) is 0. The Morgan fingerprint density at radius 1 is 1.09 bits per heavy atom. The van der Waals surface area contributed by atoms with Crippen LogP contribution < -0.4 is 10.2 Å². The number of amides is 3. The van der Waals surface area contributed by atoms with Crippen LogP contribution in [0.4, 0.5) is 11.4 Å². The molecule has 0 bridgehead atoms. The van der Waals surface area contributed by atoms with Crippen molar-refractivity contribution in [2.75, 3.05) is 23.3 Å². The number of nitrogens with one attached hydrogen (secondary N) is 1. The van der Waals surface area contributed by atoms with Crippen molar-refractivity contribution in [3.05, 3.63) is 64.0 Å². The summed E-state index contributed by atoms with van der Waals surface area (Å²) in [4.78, 5) is 42.4. The topological polar surface area (TPSA) is 69.7 Å². The predicted octanol–water partition coefficient (Wildman–Crippen LogP) is 4.55. The van der Waals surface area contributed by atoms with Crippen LogP contribution in [0, 0.1) is 5.92 Å². The zero-order valence-corrected chi connectivity index (χ0v) is 19.8. The summed E-state index contributed by atoms with van der Waals surface area (Å²) in [5.74, 6) is -0.793. The Bertz CT molecular complexity index is 1180. The van der Waals surface area contributed by atoms with Crippen molar-refractivity contribution in [2.24, 2.45) is 5.92 Å². The van der Waals surface area contributed by atoms with Gasteiger partial charge < -0.3 is 5.32 Å². The van der Waals surface area contributed by atoms with Gasteiger partial charge >= 0.3 is 0 Å². The SMILES string of the molecule is CC(C)CN1C(=O)C(=C2C(=O)N(CC(=O)Nc3cccc(Cl)c3)c3ccccc32)SC1=S. The molecule has 2 aromatic rings. The Morgan fingerprint density at radius 2 is 1.84 bits per heavy atom. The first-order valence-corrected chi connectivity index (χ1v) is 11.6. The summed E-state index contributed by atoms with van der Waals surface area (Å²) >= 11 is 12.5. The Balaban J connectivity index is 1.64. The number of carbonyl (C=O) groups is 3. The van der Waals surface area contributed by atoms with E-state index in [1.807, 2.05) is 13.8 Å². The van der Waals surface area contributed by atoms with E-state index >= 15 is 0 Å². The number of halogens is 1. The first-order valence-electron chi connectivity index (χ1n) is 10.0. The smallest absolute Gasteiger partial charge is 0.267 e. The standard InChI is InChI=1S/C23H20ClN3O3S2/c1-13(2)11-27-22(30)20(32-23(27)31)19-16-8-3-4-9-17(16)26(21(19)29)12-18(28)25-15-7-5-6-14(24)10-15/h3-10,13H,11-12H2,1-2H3,(H,25,28). The van der Waals surface area contributed by atoms with Crippen molar-refractivity contribution < 1.29 is 14.4 Å². The molecule has 9 heteroatoms. The minimum absolute atomic E-state index is 0.196. The van der Waals surface area contributed by atoms with Crippen molar-refractivity contribution >= 4 is 74.6 Å². The molecule has 164 valence electrons. The molecular formula is C23H20ClN3O3S2. The quantitative estimate of drug-likeness (QED) is 0.497. The summed E-state index contributed by atoms with van der Waals surface area (Å²) in [6.45, 7) is 4.30. The largest absolute Gasteiger partial charge is 0.324 e. The fraction of sp³-hybridized carbons (Fsp3) is 0.217. The molecule has 2 aliphatic heterocycles. The summed E-state index contributed by atoms with van der Waals surface area (Å²) < 4.78 is 0.439. The van der Waals surface area contributed by atoms with Gasteiger partial charge in [-0.3, -0.25) is 24.2 Å². The molecule has 2 aromatic carbocycles. The number of carbonyl (C=O) groups excluding carboxylic acids is 3. The maximum Gasteiger partial charge on any atom is 0.267 e. The van der Waals surface area contributed by atoms with Gasteiger partial charge in [-0.1, -0.05) is 73.7 Å². The number of para-hydroxylation sites is 1. The maximum atomic E-state index is 13.4. The maximum absolute atomic E-state index is 13.4. The van der Waals surface area contributed by atoms with Crippen molar-refractivity contribution in [1.82, 2.24) is 4.90 Å². The molecule has 0 saturated carbocycles. The molecule has 3 amide bonds. The zero-order chi connectivity index (χ0) is 23.0. The van der Waals surface area contributed by atoms with Crippen LogP contribution >= 0.6 is 35.6 Å². The van der Waals surface area contributed by atoms with Crippen LogP contribution in [0.3, 0.4) is 0 Å². The third kappa shape index (κ3) is 4.30. The molecule has 1 fully saturated rings. The fourth-order valence-corrected chi connectivity index (χ4v) is 5.18. The molecule has 6 nitrogen and oxygen atoms in total. The summed E-state index contributed by atoms with van der Waals surface area (Å²) in [5.41, 5.74) is 2.04.